The minimum absolute atomic E-state index is 0.385. The molecule has 0 aliphatic heterocycles. The molecule has 0 aliphatic rings. The maximum Gasteiger partial charge on any atom is 0.239 e. The Kier molecular flexibility index (Phi) is 4.74. The molecule has 0 bridgehead atoms. The molecule has 3 N–H and O–H groups in total. The Morgan fingerprint density at radius 1 is 1.15 bits per heavy atom. The molecule has 0 heterocycles. The summed E-state index contributed by atoms with van der Waals surface area (Å²) in [5.41, 5.74) is 7.39. The summed E-state index contributed by atoms with van der Waals surface area (Å²) in [6.07, 6.45) is 0. The van der Waals surface area contributed by atoms with Crippen LogP contribution in [-0.2, 0) is 11.3 Å². The van der Waals surface area contributed by atoms with Crippen LogP contribution in [0, 0.1) is 0 Å². The van der Waals surface area contributed by atoms with Gasteiger partial charge in [0, 0.05) is 6.54 Å². The predicted molar refractivity (Wildman–Crippen MR) is 78.2 cm³/mol. The van der Waals surface area contributed by atoms with Crippen molar-refractivity contribution in [1.82, 2.24) is 5.32 Å². The number of primary amides is 1. The summed E-state index contributed by atoms with van der Waals surface area (Å²) in [6, 6.07) is 16.7. The van der Waals surface area contributed by atoms with Gasteiger partial charge >= 0.3 is 0 Å². The van der Waals surface area contributed by atoms with Crippen LogP contribution < -0.4 is 15.8 Å². The lowest BCUT2D eigenvalue weighted by Gasteiger charge is -2.16. The standard InChI is InChI=1S/C16H18N2O2/c1-20-14-9-7-12(8-10-14)11-18-15(16(17)19)13-5-3-2-4-6-13/h2-10,15,18H,11H2,1H3,(H2,17,19). The number of carbonyl (C=O) groups excluding carboxylic acids is 1. The number of hydrogen-bond acceptors (Lipinski definition) is 3. The smallest absolute Gasteiger partial charge is 0.239 e. The molecule has 1 unspecified atom stereocenters. The van der Waals surface area contributed by atoms with Crippen molar-refractivity contribution < 1.29 is 9.53 Å². The van der Waals surface area contributed by atoms with Gasteiger partial charge in [-0.05, 0) is 23.3 Å². The Morgan fingerprint density at radius 2 is 1.80 bits per heavy atom. The first-order chi connectivity index (χ1) is 9.70. The van der Waals surface area contributed by atoms with E-state index in [-0.39, 0.29) is 5.91 Å². The van der Waals surface area contributed by atoms with Crippen LogP contribution in [0.4, 0.5) is 0 Å². The summed E-state index contributed by atoms with van der Waals surface area (Å²) in [5, 5.41) is 3.17. The van der Waals surface area contributed by atoms with Gasteiger partial charge in [-0.2, -0.15) is 0 Å². The molecule has 0 aliphatic carbocycles. The highest BCUT2D eigenvalue weighted by Gasteiger charge is 2.16. The summed E-state index contributed by atoms with van der Waals surface area (Å²) < 4.78 is 5.11. The van der Waals surface area contributed by atoms with Gasteiger partial charge in [-0.25, -0.2) is 0 Å². The zero-order valence-corrected chi connectivity index (χ0v) is 11.4. The van der Waals surface area contributed by atoms with Crippen molar-refractivity contribution in [2.75, 3.05) is 7.11 Å². The fourth-order valence-corrected chi connectivity index (χ4v) is 1.99. The Labute approximate surface area is 118 Å². The molecule has 2 aromatic rings. The molecule has 0 saturated carbocycles. The van der Waals surface area contributed by atoms with Gasteiger partial charge in [0.25, 0.3) is 0 Å². The molecule has 4 heteroatoms. The van der Waals surface area contributed by atoms with Gasteiger partial charge in [-0.15, -0.1) is 0 Å². The Hall–Kier alpha value is -2.33. The van der Waals surface area contributed by atoms with Gasteiger partial charge in [-0.1, -0.05) is 42.5 Å². The number of amides is 1. The van der Waals surface area contributed by atoms with E-state index in [9.17, 15) is 4.79 Å². The van der Waals surface area contributed by atoms with Crippen molar-refractivity contribution >= 4 is 5.91 Å². The average Bonchev–Trinajstić information content (AvgIpc) is 2.49. The first kappa shape index (κ1) is 14.1. The molecule has 0 fully saturated rings. The highest BCUT2D eigenvalue weighted by molar-refractivity contribution is 5.81. The minimum atomic E-state index is -0.488. The molecule has 1 amide bonds. The fraction of sp³-hybridized carbons (Fsp3) is 0.188. The van der Waals surface area contributed by atoms with Crippen LogP contribution in [0.25, 0.3) is 0 Å². The molecule has 20 heavy (non-hydrogen) atoms. The van der Waals surface area contributed by atoms with E-state index < -0.39 is 6.04 Å². The maximum absolute atomic E-state index is 11.6. The van der Waals surface area contributed by atoms with Gasteiger partial charge in [-0.3, -0.25) is 10.1 Å². The molecule has 0 aromatic heterocycles. The van der Waals surface area contributed by atoms with E-state index in [1.54, 1.807) is 7.11 Å². The maximum atomic E-state index is 11.6. The minimum Gasteiger partial charge on any atom is -0.497 e. The van der Waals surface area contributed by atoms with Crippen LogP contribution in [0.3, 0.4) is 0 Å². The van der Waals surface area contributed by atoms with E-state index in [2.05, 4.69) is 5.32 Å². The van der Waals surface area contributed by atoms with Crippen LogP contribution in [0.1, 0.15) is 17.2 Å². The topological polar surface area (TPSA) is 64.3 Å². The van der Waals surface area contributed by atoms with Crippen LogP contribution in [0.2, 0.25) is 0 Å². The normalized spacial score (nSPS) is 11.8. The lowest BCUT2D eigenvalue weighted by atomic mass is 10.1. The van der Waals surface area contributed by atoms with Gasteiger partial charge < -0.3 is 10.5 Å². The Bertz CT molecular complexity index is 552. The van der Waals surface area contributed by atoms with E-state index in [4.69, 9.17) is 10.5 Å². The Morgan fingerprint density at radius 3 is 2.35 bits per heavy atom. The highest BCUT2D eigenvalue weighted by atomic mass is 16.5. The molecule has 0 radical (unpaired) electrons. The number of methoxy groups -OCH3 is 1. The van der Waals surface area contributed by atoms with E-state index in [1.165, 1.54) is 0 Å². The second kappa shape index (κ2) is 6.73. The van der Waals surface area contributed by atoms with Crippen LogP contribution >= 0.6 is 0 Å². The molecule has 0 spiro atoms. The molecule has 2 aromatic carbocycles. The summed E-state index contributed by atoms with van der Waals surface area (Å²) >= 11 is 0. The number of carbonyl (C=O) groups is 1. The van der Waals surface area contributed by atoms with Crippen molar-refractivity contribution in [1.29, 1.82) is 0 Å². The van der Waals surface area contributed by atoms with Gasteiger partial charge in [0.2, 0.25) is 5.91 Å². The third-order valence-corrected chi connectivity index (χ3v) is 3.09. The largest absolute Gasteiger partial charge is 0.497 e. The van der Waals surface area contributed by atoms with Gasteiger partial charge in [0.1, 0.15) is 11.8 Å². The summed E-state index contributed by atoms with van der Waals surface area (Å²) in [4.78, 5) is 11.6. The molecule has 0 saturated heterocycles. The van der Waals surface area contributed by atoms with E-state index >= 15 is 0 Å². The van der Waals surface area contributed by atoms with Crippen LogP contribution in [0.5, 0.6) is 5.75 Å². The number of nitrogens with one attached hydrogen (secondary N) is 1. The van der Waals surface area contributed by atoms with Crippen molar-refractivity contribution in [2.24, 2.45) is 5.73 Å². The van der Waals surface area contributed by atoms with E-state index in [0.29, 0.717) is 6.54 Å². The summed E-state index contributed by atoms with van der Waals surface area (Å²) in [5.74, 6) is 0.424. The molecule has 1 atom stereocenters. The van der Waals surface area contributed by atoms with Crippen molar-refractivity contribution in [3.05, 3.63) is 65.7 Å². The van der Waals surface area contributed by atoms with Crippen LogP contribution in [-0.4, -0.2) is 13.0 Å². The highest BCUT2D eigenvalue weighted by Crippen LogP contribution is 2.15. The molecular weight excluding hydrogens is 252 g/mol. The average molecular weight is 270 g/mol. The second-order valence-electron chi connectivity index (χ2n) is 4.48. The molecule has 104 valence electrons. The number of ether oxygens (including phenoxy) is 1. The first-order valence-corrected chi connectivity index (χ1v) is 6.41. The number of hydrogen-bond donors (Lipinski definition) is 2. The monoisotopic (exact) mass is 270 g/mol. The van der Waals surface area contributed by atoms with E-state index in [0.717, 1.165) is 16.9 Å². The SMILES string of the molecule is COc1ccc(CNC(C(N)=O)c2ccccc2)cc1. The number of rotatable bonds is 6. The van der Waals surface area contributed by atoms with Crippen LogP contribution in [0.15, 0.2) is 54.6 Å². The predicted octanol–water partition coefficient (Wildman–Crippen LogP) is 2.01. The molecule has 2 rings (SSSR count). The van der Waals surface area contributed by atoms with Gasteiger partial charge in [0.05, 0.1) is 7.11 Å². The molecular formula is C16H18N2O2. The quantitative estimate of drug-likeness (QED) is 0.844. The Balaban J connectivity index is 2.04. The second-order valence-corrected chi connectivity index (χ2v) is 4.48. The third kappa shape index (κ3) is 3.59. The fourth-order valence-electron chi connectivity index (χ4n) is 1.99. The number of benzene rings is 2. The van der Waals surface area contributed by atoms with Crippen molar-refractivity contribution in [3.8, 4) is 5.75 Å². The van der Waals surface area contributed by atoms with E-state index in [1.807, 2.05) is 54.6 Å². The lowest BCUT2D eigenvalue weighted by Crippen LogP contribution is -2.33. The zero-order valence-electron chi connectivity index (χ0n) is 11.4. The first-order valence-electron chi connectivity index (χ1n) is 6.41. The summed E-state index contributed by atoms with van der Waals surface area (Å²) in [7, 11) is 1.63. The third-order valence-electron chi connectivity index (χ3n) is 3.09. The van der Waals surface area contributed by atoms with Gasteiger partial charge in [0.15, 0.2) is 0 Å². The number of nitrogens with two attached hydrogens (primary N) is 1. The lowest BCUT2D eigenvalue weighted by molar-refractivity contribution is -0.120. The zero-order chi connectivity index (χ0) is 14.4. The van der Waals surface area contributed by atoms with Crippen molar-refractivity contribution in [3.63, 3.8) is 0 Å². The van der Waals surface area contributed by atoms with Crippen molar-refractivity contribution in [2.45, 2.75) is 12.6 Å². The summed E-state index contributed by atoms with van der Waals surface area (Å²) in [6.45, 7) is 0.562. The molecule has 4 nitrogen and oxygen atoms in total.